The van der Waals surface area contributed by atoms with E-state index >= 15 is 0 Å². The zero-order valence-corrected chi connectivity index (χ0v) is 13.7. The van der Waals surface area contributed by atoms with E-state index in [0.29, 0.717) is 5.56 Å². The summed E-state index contributed by atoms with van der Waals surface area (Å²) in [4.78, 5) is 22.8. The molecule has 0 atom stereocenters. The molecule has 0 amide bonds. The Morgan fingerprint density at radius 1 is 1.27 bits per heavy atom. The minimum Gasteiger partial charge on any atom is -0.465 e. The van der Waals surface area contributed by atoms with Crippen molar-refractivity contribution in [2.24, 2.45) is 0 Å². The van der Waals surface area contributed by atoms with Gasteiger partial charge in [-0.1, -0.05) is 0 Å². The molecule has 0 radical (unpaired) electrons. The van der Waals surface area contributed by atoms with Gasteiger partial charge in [-0.25, -0.2) is 13.2 Å². The van der Waals surface area contributed by atoms with Crippen molar-refractivity contribution in [2.45, 2.75) is 31.8 Å². The zero-order chi connectivity index (χ0) is 16.9. The van der Waals surface area contributed by atoms with E-state index in [1.807, 2.05) is 0 Å². The van der Waals surface area contributed by atoms with Crippen LogP contribution >= 0.6 is 0 Å². The molecule has 8 heteroatoms. The lowest BCUT2D eigenvalue weighted by molar-refractivity contribution is -0.145. The molecule has 0 aliphatic heterocycles. The van der Waals surface area contributed by atoms with Crippen LogP contribution in [0.2, 0.25) is 0 Å². The molecule has 0 fully saturated rings. The highest BCUT2D eigenvalue weighted by Crippen LogP contribution is 2.17. The Morgan fingerprint density at radius 2 is 1.91 bits per heavy atom. The highest BCUT2D eigenvalue weighted by molar-refractivity contribution is 7.89. The van der Waals surface area contributed by atoms with Gasteiger partial charge in [-0.3, -0.25) is 4.79 Å². The van der Waals surface area contributed by atoms with Crippen LogP contribution in [0.5, 0.6) is 0 Å². The molecule has 0 saturated carbocycles. The summed E-state index contributed by atoms with van der Waals surface area (Å²) in [6, 6.07) is 4.05. The molecule has 1 aromatic carbocycles. The predicted octanol–water partition coefficient (Wildman–Crippen LogP) is 1.01. The fourth-order valence-corrected chi connectivity index (χ4v) is 2.93. The third kappa shape index (κ3) is 4.81. The van der Waals surface area contributed by atoms with Crippen molar-refractivity contribution in [1.29, 1.82) is 0 Å². The first-order valence-electron chi connectivity index (χ1n) is 6.55. The van der Waals surface area contributed by atoms with Gasteiger partial charge in [0.15, 0.2) is 0 Å². The molecule has 0 aliphatic rings. The van der Waals surface area contributed by atoms with Gasteiger partial charge in [-0.05, 0) is 44.5 Å². The van der Waals surface area contributed by atoms with Gasteiger partial charge >= 0.3 is 11.9 Å². The van der Waals surface area contributed by atoms with Gasteiger partial charge in [-0.15, -0.1) is 0 Å². The first-order chi connectivity index (χ1) is 10.2. The van der Waals surface area contributed by atoms with E-state index in [1.54, 1.807) is 20.8 Å². The molecule has 22 heavy (non-hydrogen) atoms. The summed E-state index contributed by atoms with van der Waals surface area (Å²) in [6.45, 7) is 4.43. The minimum atomic E-state index is -3.87. The number of hydrogen-bond acceptors (Lipinski definition) is 6. The van der Waals surface area contributed by atoms with Gasteiger partial charge in [0.05, 0.1) is 23.7 Å². The fourth-order valence-electron chi connectivity index (χ4n) is 1.73. The molecule has 0 aliphatic carbocycles. The number of benzene rings is 1. The molecule has 0 bridgehead atoms. The number of nitrogens with one attached hydrogen (secondary N) is 1. The molecule has 7 nitrogen and oxygen atoms in total. The van der Waals surface area contributed by atoms with Crippen LogP contribution in [-0.2, 0) is 24.3 Å². The molecular formula is C14H19NO6S. The third-order valence-electron chi connectivity index (χ3n) is 2.66. The van der Waals surface area contributed by atoms with Gasteiger partial charge in [0.25, 0.3) is 0 Å². The van der Waals surface area contributed by atoms with Crippen molar-refractivity contribution < 1.29 is 27.5 Å². The van der Waals surface area contributed by atoms with Crippen LogP contribution in [0.25, 0.3) is 0 Å². The minimum absolute atomic E-state index is 0.0162. The van der Waals surface area contributed by atoms with Crippen molar-refractivity contribution >= 4 is 22.0 Å². The number of carbonyl (C=O) groups excluding carboxylic acids is 2. The maximum atomic E-state index is 12.2. The highest BCUT2D eigenvalue weighted by atomic mass is 32.2. The highest BCUT2D eigenvalue weighted by Gasteiger charge is 2.20. The van der Waals surface area contributed by atoms with Crippen LogP contribution in [0.4, 0.5) is 0 Å². The average molecular weight is 329 g/mol. The SMILES string of the molecule is COC(=O)c1ccc(S(=O)(=O)NCC(=O)OC(C)C)c(C)c1. The van der Waals surface area contributed by atoms with Gasteiger partial charge in [0.2, 0.25) is 10.0 Å². The van der Waals surface area contributed by atoms with E-state index in [2.05, 4.69) is 9.46 Å². The first kappa shape index (κ1) is 18.1. The fraction of sp³-hybridized carbons (Fsp3) is 0.429. The standard InChI is InChI=1S/C14H19NO6S/c1-9(2)21-13(16)8-15-22(18,19)12-6-5-11(7-10(12)3)14(17)20-4/h5-7,9,15H,8H2,1-4H3. The normalized spacial score (nSPS) is 11.3. The summed E-state index contributed by atoms with van der Waals surface area (Å²) in [7, 11) is -2.63. The third-order valence-corrected chi connectivity index (χ3v) is 4.22. The summed E-state index contributed by atoms with van der Waals surface area (Å²) in [6.07, 6.45) is -0.321. The number of ether oxygens (including phenoxy) is 2. The van der Waals surface area contributed by atoms with E-state index in [4.69, 9.17) is 4.74 Å². The second kappa shape index (κ2) is 7.37. The van der Waals surface area contributed by atoms with E-state index in [1.165, 1.54) is 25.3 Å². The summed E-state index contributed by atoms with van der Waals surface area (Å²) in [5.74, 6) is -1.22. The van der Waals surface area contributed by atoms with Crippen molar-refractivity contribution in [1.82, 2.24) is 4.72 Å². The molecule has 1 N–H and O–H groups in total. The number of carbonyl (C=O) groups is 2. The van der Waals surface area contributed by atoms with Crippen LogP contribution in [0.3, 0.4) is 0 Å². The molecule has 0 spiro atoms. The second-order valence-electron chi connectivity index (χ2n) is 4.84. The average Bonchev–Trinajstić information content (AvgIpc) is 2.43. The van der Waals surface area contributed by atoms with E-state index in [9.17, 15) is 18.0 Å². The smallest absolute Gasteiger partial charge is 0.337 e. The number of hydrogen-bond donors (Lipinski definition) is 1. The Hall–Kier alpha value is -1.93. The summed E-state index contributed by atoms with van der Waals surface area (Å²) >= 11 is 0. The number of rotatable bonds is 6. The number of sulfonamides is 1. The van der Waals surface area contributed by atoms with Crippen molar-refractivity contribution in [3.8, 4) is 0 Å². The lowest BCUT2D eigenvalue weighted by Gasteiger charge is -2.11. The molecule has 0 heterocycles. The number of esters is 2. The summed E-state index contributed by atoms with van der Waals surface area (Å²) in [5, 5.41) is 0. The number of aryl methyl sites for hydroxylation is 1. The molecule has 1 rings (SSSR count). The van der Waals surface area contributed by atoms with Crippen molar-refractivity contribution in [3.05, 3.63) is 29.3 Å². The predicted molar refractivity (Wildman–Crippen MR) is 78.9 cm³/mol. The Morgan fingerprint density at radius 3 is 2.41 bits per heavy atom. The monoisotopic (exact) mass is 329 g/mol. The van der Waals surface area contributed by atoms with Gasteiger partial charge in [0, 0.05) is 0 Å². The molecule has 122 valence electrons. The Balaban J connectivity index is 2.90. The topological polar surface area (TPSA) is 98.8 Å². The quantitative estimate of drug-likeness (QED) is 0.782. The first-order valence-corrected chi connectivity index (χ1v) is 8.04. The molecule has 0 unspecified atom stereocenters. The van der Waals surface area contributed by atoms with Gasteiger partial charge in [-0.2, -0.15) is 4.72 Å². The molecular weight excluding hydrogens is 310 g/mol. The lowest BCUT2D eigenvalue weighted by Crippen LogP contribution is -2.32. The van der Waals surface area contributed by atoms with Crippen molar-refractivity contribution in [2.75, 3.05) is 13.7 Å². The number of methoxy groups -OCH3 is 1. The van der Waals surface area contributed by atoms with Crippen LogP contribution in [0.1, 0.15) is 29.8 Å². The van der Waals surface area contributed by atoms with E-state index in [0.717, 1.165) is 0 Å². The van der Waals surface area contributed by atoms with Crippen LogP contribution < -0.4 is 4.72 Å². The van der Waals surface area contributed by atoms with E-state index < -0.39 is 28.5 Å². The summed E-state index contributed by atoms with van der Waals surface area (Å²) < 4.78 is 35.9. The molecule has 0 saturated heterocycles. The van der Waals surface area contributed by atoms with Crippen molar-refractivity contribution in [3.63, 3.8) is 0 Å². The van der Waals surface area contributed by atoms with Gasteiger partial charge in [0.1, 0.15) is 6.54 Å². The van der Waals surface area contributed by atoms with Crippen LogP contribution in [0, 0.1) is 6.92 Å². The lowest BCUT2D eigenvalue weighted by atomic mass is 10.1. The maximum absolute atomic E-state index is 12.2. The Labute approximate surface area is 129 Å². The molecule has 1 aromatic rings. The molecule has 0 aromatic heterocycles. The zero-order valence-electron chi connectivity index (χ0n) is 12.9. The maximum Gasteiger partial charge on any atom is 0.337 e. The largest absolute Gasteiger partial charge is 0.465 e. The second-order valence-corrected chi connectivity index (χ2v) is 6.57. The Bertz CT molecular complexity index is 666. The van der Waals surface area contributed by atoms with Crippen LogP contribution in [-0.4, -0.2) is 40.1 Å². The van der Waals surface area contributed by atoms with E-state index in [-0.39, 0.29) is 16.6 Å². The Kier molecular flexibility index (Phi) is 6.07. The van der Waals surface area contributed by atoms with Gasteiger partial charge < -0.3 is 9.47 Å². The summed E-state index contributed by atoms with van der Waals surface area (Å²) in [5.41, 5.74) is 0.616. The van der Waals surface area contributed by atoms with Crippen LogP contribution in [0.15, 0.2) is 23.1 Å².